The lowest BCUT2D eigenvalue weighted by atomic mass is 10.2. The van der Waals surface area contributed by atoms with E-state index in [2.05, 4.69) is 29.3 Å². The van der Waals surface area contributed by atoms with Crippen molar-refractivity contribution in [2.24, 2.45) is 0 Å². The topological polar surface area (TPSA) is 50.9 Å². The van der Waals surface area contributed by atoms with Crippen molar-refractivity contribution >= 4 is 23.4 Å². The van der Waals surface area contributed by atoms with E-state index >= 15 is 0 Å². The summed E-state index contributed by atoms with van der Waals surface area (Å²) in [5, 5.41) is 20.2. The Labute approximate surface area is 156 Å². The summed E-state index contributed by atoms with van der Waals surface area (Å²) in [5.74, 6) is 1.27. The van der Waals surface area contributed by atoms with Gasteiger partial charge in [0.25, 0.3) is 0 Å². The highest BCUT2D eigenvalue weighted by Gasteiger charge is 2.20. The van der Waals surface area contributed by atoms with Gasteiger partial charge in [-0.2, -0.15) is 0 Å². The molecule has 6 heteroatoms. The lowest BCUT2D eigenvalue weighted by Crippen LogP contribution is -2.22. The van der Waals surface area contributed by atoms with Gasteiger partial charge in [0, 0.05) is 22.0 Å². The molecule has 0 saturated heterocycles. The summed E-state index contributed by atoms with van der Waals surface area (Å²) in [5.41, 5.74) is 2.33. The van der Waals surface area contributed by atoms with Crippen LogP contribution in [0.4, 0.5) is 0 Å². The molecule has 0 amide bonds. The molecule has 0 bridgehead atoms. The monoisotopic (exact) mass is 373 g/mol. The fourth-order valence-electron chi connectivity index (χ4n) is 2.32. The largest absolute Gasteiger partial charge is 0.390 e. The molecule has 4 nitrogen and oxygen atoms in total. The number of aromatic nitrogens is 3. The van der Waals surface area contributed by atoms with E-state index in [0.29, 0.717) is 10.8 Å². The first-order valence-corrected chi connectivity index (χ1v) is 9.33. The minimum atomic E-state index is -0.783. The zero-order valence-electron chi connectivity index (χ0n) is 14.4. The first kappa shape index (κ1) is 18.0. The highest BCUT2D eigenvalue weighted by Crippen LogP contribution is 2.30. The summed E-state index contributed by atoms with van der Waals surface area (Å²) in [6, 6.07) is 15.8. The van der Waals surface area contributed by atoms with Crippen LogP contribution in [0.15, 0.2) is 53.7 Å². The van der Waals surface area contributed by atoms with Crippen LogP contribution in [0.3, 0.4) is 0 Å². The SMILES string of the molecule is Cc1ccc(-n2c(SCC(C)(C)O)nnc2-c2ccc(Cl)cc2)cc1. The van der Waals surface area contributed by atoms with Crippen LogP contribution in [-0.2, 0) is 0 Å². The molecule has 1 aromatic heterocycles. The summed E-state index contributed by atoms with van der Waals surface area (Å²) in [7, 11) is 0. The predicted molar refractivity (Wildman–Crippen MR) is 104 cm³/mol. The standard InChI is InChI=1S/C19H20ClN3OS/c1-13-4-10-16(11-5-13)23-17(14-6-8-15(20)9-7-14)21-22-18(23)25-12-19(2,3)24/h4-11,24H,12H2,1-3H3. The van der Waals surface area contributed by atoms with Crippen molar-refractivity contribution in [3.8, 4) is 17.1 Å². The molecule has 0 spiro atoms. The normalized spacial score (nSPS) is 11.7. The summed E-state index contributed by atoms with van der Waals surface area (Å²) >= 11 is 7.49. The number of halogens is 1. The third-order valence-corrected chi connectivity index (χ3v) is 5.21. The number of aliphatic hydroxyl groups is 1. The molecule has 2 aromatic carbocycles. The maximum absolute atomic E-state index is 10.0. The predicted octanol–water partition coefficient (Wildman–Crippen LogP) is 4.76. The highest BCUT2D eigenvalue weighted by atomic mass is 35.5. The number of nitrogens with zero attached hydrogens (tertiary/aromatic N) is 3. The Balaban J connectivity index is 2.07. The lowest BCUT2D eigenvalue weighted by molar-refractivity contribution is 0.107. The Hall–Kier alpha value is -1.82. The summed E-state index contributed by atoms with van der Waals surface area (Å²) in [6.07, 6.45) is 0. The Kier molecular flexibility index (Phi) is 5.18. The van der Waals surface area contributed by atoms with E-state index < -0.39 is 5.60 Å². The quantitative estimate of drug-likeness (QED) is 0.655. The van der Waals surface area contributed by atoms with Gasteiger partial charge in [0.15, 0.2) is 11.0 Å². The van der Waals surface area contributed by atoms with Gasteiger partial charge >= 0.3 is 0 Å². The second kappa shape index (κ2) is 7.20. The van der Waals surface area contributed by atoms with Gasteiger partial charge in [0.05, 0.1) is 5.60 Å². The Bertz CT molecular complexity index is 852. The van der Waals surface area contributed by atoms with E-state index in [-0.39, 0.29) is 0 Å². The highest BCUT2D eigenvalue weighted by molar-refractivity contribution is 7.99. The average Bonchev–Trinajstić information content (AvgIpc) is 2.98. The van der Waals surface area contributed by atoms with E-state index in [9.17, 15) is 5.11 Å². The maximum Gasteiger partial charge on any atom is 0.196 e. The molecule has 3 aromatic rings. The van der Waals surface area contributed by atoms with Gasteiger partial charge in [0.2, 0.25) is 0 Å². The summed E-state index contributed by atoms with van der Waals surface area (Å²) < 4.78 is 2.01. The number of hydrogen-bond acceptors (Lipinski definition) is 4. The van der Waals surface area contributed by atoms with Gasteiger partial charge in [-0.25, -0.2) is 0 Å². The molecule has 0 aliphatic heterocycles. The number of rotatable bonds is 5. The van der Waals surface area contributed by atoms with Gasteiger partial charge in [-0.15, -0.1) is 10.2 Å². The second-order valence-electron chi connectivity index (χ2n) is 6.59. The van der Waals surface area contributed by atoms with Crippen LogP contribution in [0.5, 0.6) is 0 Å². The Morgan fingerprint density at radius 1 is 1.04 bits per heavy atom. The zero-order valence-corrected chi connectivity index (χ0v) is 16.0. The van der Waals surface area contributed by atoms with Gasteiger partial charge in [0.1, 0.15) is 0 Å². The van der Waals surface area contributed by atoms with Gasteiger partial charge in [-0.3, -0.25) is 4.57 Å². The van der Waals surface area contributed by atoms with Crippen molar-refractivity contribution < 1.29 is 5.11 Å². The number of hydrogen-bond donors (Lipinski definition) is 1. The maximum atomic E-state index is 10.0. The number of benzene rings is 2. The van der Waals surface area contributed by atoms with Crippen LogP contribution in [0, 0.1) is 6.92 Å². The third kappa shape index (κ3) is 4.42. The summed E-state index contributed by atoms with van der Waals surface area (Å²) in [4.78, 5) is 0. The molecule has 0 fully saturated rings. The van der Waals surface area contributed by atoms with Crippen LogP contribution in [-0.4, -0.2) is 31.2 Å². The molecule has 25 heavy (non-hydrogen) atoms. The van der Waals surface area contributed by atoms with E-state index in [0.717, 1.165) is 22.2 Å². The van der Waals surface area contributed by atoms with E-state index in [4.69, 9.17) is 11.6 Å². The smallest absolute Gasteiger partial charge is 0.196 e. The fraction of sp³-hybridized carbons (Fsp3) is 0.263. The van der Waals surface area contributed by atoms with Gasteiger partial charge < -0.3 is 5.11 Å². The van der Waals surface area contributed by atoms with Crippen LogP contribution >= 0.6 is 23.4 Å². The first-order valence-electron chi connectivity index (χ1n) is 7.97. The van der Waals surface area contributed by atoms with Crippen LogP contribution < -0.4 is 0 Å². The van der Waals surface area contributed by atoms with Crippen LogP contribution in [0.2, 0.25) is 5.02 Å². The van der Waals surface area contributed by atoms with E-state index in [1.54, 1.807) is 13.8 Å². The molecule has 0 radical (unpaired) electrons. The fourth-order valence-corrected chi connectivity index (χ4v) is 3.34. The van der Waals surface area contributed by atoms with Gasteiger partial charge in [-0.05, 0) is 57.2 Å². The molecular weight excluding hydrogens is 354 g/mol. The average molecular weight is 374 g/mol. The molecule has 1 heterocycles. The molecule has 0 unspecified atom stereocenters. The van der Waals surface area contributed by atoms with Crippen molar-refractivity contribution in [3.05, 3.63) is 59.1 Å². The van der Waals surface area contributed by atoms with Crippen LogP contribution in [0.25, 0.3) is 17.1 Å². The second-order valence-corrected chi connectivity index (χ2v) is 7.96. The van der Waals surface area contributed by atoms with Crippen LogP contribution in [0.1, 0.15) is 19.4 Å². The Morgan fingerprint density at radius 2 is 1.68 bits per heavy atom. The van der Waals surface area contributed by atoms with Crippen molar-refractivity contribution in [1.29, 1.82) is 0 Å². The van der Waals surface area contributed by atoms with Crippen molar-refractivity contribution in [3.63, 3.8) is 0 Å². The molecule has 1 N–H and O–H groups in total. The van der Waals surface area contributed by atoms with Crippen molar-refractivity contribution in [2.75, 3.05) is 5.75 Å². The molecule has 0 aliphatic rings. The number of thioether (sulfide) groups is 1. The van der Waals surface area contributed by atoms with Crippen molar-refractivity contribution in [2.45, 2.75) is 31.5 Å². The minimum absolute atomic E-state index is 0.525. The molecule has 0 saturated carbocycles. The lowest BCUT2D eigenvalue weighted by Gasteiger charge is -2.16. The number of aryl methyl sites for hydroxylation is 1. The molecule has 0 atom stereocenters. The molecular formula is C19H20ClN3OS. The van der Waals surface area contributed by atoms with E-state index in [1.807, 2.05) is 41.0 Å². The minimum Gasteiger partial charge on any atom is -0.390 e. The molecule has 130 valence electrons. The van der Waals surface area contributed by atoms with Crippen molar-refractivity contribution in [1.82, 2.24) is 14.8 Å². The molecule has 3 rings (SSSR count). The van der Waals surface area contributed by atoms with E-state index in [1.165, 1.54) is 17.3 Å². The third-order valence-electron chi connectivity index (χ3n) is 3.58. The summed E-state index contributed by atoms with van der Waals surface area (Å²) in [6.45, 7) is 5.62. The van der Waals surface area contributed by atoms with Gasteiger partial charge in [-0.1, -0.05) is 41.1 Å². The molecule has 0 aliphatic carbocycles. The zero-order chi connectivity index (χ0) is 18.0. The Morgan fingerprint density at radius 3 is 2.28 bits per heavy atom. The first-order chi connectivity index (χ1) is 11.8.